The first kappa shape index (κ1) is 16.2. The highest BCUT2D eigenvalue weighted by Gasteiger charge is 2.11. The monoisotopic (exact) mass is 322 g/mol. The van der Waals surface area contributed by atoms with Crippen LogP contribution in [0.2, 0.25) is 10.0 Å². The Balaban J connectivity index is 2.20. The second-order valence-corrected chi connectivity index (χ2v) is 5.98. The summed E-state index contributed by atoms with van der Waals surface area (Å²) in [4.78, 5) is 2.11. The van der Waals surface area contributed by atoms with Gasteiger partial charge in [-0.2, -0.15) is 0 Å². The van der Waals surface area contributed by atoms with Crippen molar-refractivity contribution in [3.8, 4) is 0 Å². The molecule has 112 valence electrons. The van der Waals surface area contributed by atoms with Crippen LogP contribution in [0.1, 0.15) is 24.1 Å². The van der Waals surface area contributed by atoms with E-state index >= 15 is 0 Å². The van der Waals surface area contributed by atoms with Gasteiger partial charge in [-0.1, -0.05) is 47.5 Å². The summed E-state index contributed by atoms with van der Waals surface area (Å²) < 4.78 is 0. The topological polar surface area (TPSA) is 15.3 Å². The van der Waals surface area contributed by atoms with E-state index in [1.54, 1.807) is 0 Å². The van der Waals surface area contributed by atoms with Crippen LogP contribution in [0.25, 0.3) is 0 Å². The second kappa shape index (κ2) is 7.17. The van der Waals surface area contributed by atoms with Gasteiger partial charge in [0.15, 0.2) is 0 Å². The number of nitrogens with zero attached hydrogens (tertiary/aromatic N) is 1. The Bertz CT molecular complexity index is 613. The van der Waals surface area contributed by atoms with Crippen molar-refractivity contribution in [2.24, 2.45) is 0 Å². The first-order valence-electron chi connectivity index (χ1n) is 6.94. The van der Waals surface area contributed by atoms with Gasteiger partial charge < -0.3 is 10.2 Å². The van der Waals surface area contributed by atoms with Crippen molar-refractivity contribution < 1.29 is 0 Å². The first-order valence-corrected chi connectivity index (χ1v) is 7.69. The highest BCUT2D eigenvalue weighted by Crippen LogP contribution is 2.30. The molecule has 0 aliphatic carbocycles. The van der Waals surface area contributed by atoms with Crippen LogP contribution in [0.15, 0.2) is 42.5 Å². The smallest absolute Gasteiger partial charge is 0.0642 e. The van der Waals surface area contributed by atoms with Crippen molar-refractivity contribution in [1.82, 2.24) is 5.32 Å². The lowest BCUT2D eigenvalue weighted by molar-refractivity contribution is 0.652. The summed E-state index contributed by atoms with van der Waals surface area (Å²) in [6.45, 7) is 2.83. The largest absolute Gasteiger partial charge is 0.369 e. The molecule has 0 aliphatic rings. The predicted molar refractivity (Wildman–Crippen MR) is 92.5 cm³/mol. The molecule has 2 aromatic rings. The average molecular weight is 323 g/mol. The van der Waals surface area contributed by atoms with Gasteiger partial charge in [0.2, 0.25) is 0 Å². The van der Waals surface area contributed by atoms with Crippen molar-refractivity contribution in [3.63, 3.8) is 0 Å². The highest BCUT2D eigenvalue weighted by atomic mass is 35.5. The van der Waals surface area contributed by atoms with Crippen LogP contribution in [-0.4, -0.2) is 14.1 Å². The van der Waals surface area contributed by atoms with Crippen molar-refractivity contribution in [2.45, 2.75) is 19.5 Å². The Morgan fingerprint density at radius 3 is 2.43 bits per heavy atom. The molecule has 0 bridgehead atoms. The lowest BCUT2D eigenvalue weighted by Crippen LogP contribution is -2.18. The van der Waals surface area contributed by atoms with Crippen molar-refractivity contribution in [3.05, 3.63) is 63.6 Å². The fraction of sp³-hybridized carbons (Fsp3) is 0.294. The van der Waals surface area contributed by atoms with E-state index in [1.165, 1.54) is 5.56 Å². The summed E-state index contributed by atoms with van der Waals surface area (Å²) in [7, 11) is 3.96. The van der Waals surface area contributed by atoms with Crippen molar-refractivity contribution in [2.75, 3.05) is 19.0 Å². The summed E-state index contributed by atoms with van der Waals surface area (Å²) in [6, 6.07) is 14.3. The normalized spacial score (nSPS) is 12.2. The maximum Gasteiger partial charge on any atom is 0.0642 e. The van der Waals surface area contributed by atoms with Gasteiger partial charge in [-0.3, -0.25) is 0 Å². The van der Waals surface area contributed by atoms with Crippen molar-refractivity contribution in [1.29, 1.82) is 0 Å². The van der Waals surface area contributed by atoms with E-state index < -0.39 is 0 Å². The lowest BCUT2D eigenvalue weighted by atomic mass is 10.1. The van der Waals surface area contributed by atoms with Crippen LogP contribution >= 0.6 is 23.2 Å². The lowest BCUT2D eigenvalue weighted by Gasteiger charge is -2.22. The summed E-state index contributed by atoms with van der Waals surface area (Å²) >= 11 is 12.6. The van der Waals surface area contributed by atoms with Crippen LogP contribution in [0, 0.1) is 0 Å². The molecule has 1 N–H and O–H groups in total. The van der Waals surface area contributed by atoms with Crippen LogP contribution in [0.4, 0.5) is 5.69 Å². The molecular formula is C17H20Cl2N2. The maximum atomic E-state index is 6.43. The summed E-state index contributed by atoms with van der Waals surface area (Å²) in [5.41, 5.74) is 3.27. The fourth-order valence-electron chi connectivity index (χ4n) is 2.24. The third-order valence-electron chi connectivity index (χ3n) is 3.68. The van der Waals surface area contributed by atoms with Gasteiger partial charge in [0, 0.05) is 24.7 Å². The molecule has 0 radical (unpaired) electrons. The van der Waals surface area contributed by atoms with Gasteiger partial charge in [-0.05, 0) is 43.3 Å². The number of anilines is 1. The minimum absolute atomic E-state index is 0.283. The predicted octanol–water partition coefficient (Wildman–Crippen LogP) is 4.91. The molecule has 0 fully saturated rings. The van der Waals surface area contributed by atoms with E-state index in [-0.39, 0.29) is 6.04 Å². The van der Waals surface area contributed by atoms with Crippen molar-refractivity contribution >= 4 is 28.9 Å². The number of nitrogens with one attached hydrogen (secondary N) is 1. The molecule has 1 unspecified atom stereocenters. The number of hydrogen-bond acceptors (Lipinski definition) is 2. The molecule has 2 aromatic carbocycles. The van der Waals surface area contributed by atoms with Gasteiger partial charge in [0.25, 0.3) is 0 Å². The molecule has 0 heterocycles. The number of benzene rings is 2. The van der Waals surface area contributed by atoms with Crippen LogP contribution in [0.5, 0.6) is 0 Å². The van der Waals surface area contributed by atoms with E-state index in [1.807, 2.05) is 44.4 Å². The molecule has 4 heteroatoms. The molecule has 1 atom stereocenters. The molecule has 21 heavy (non-hydrogen) atoms. The number of rotatable bonds is 5. The van der Waals surface area contributed by atoms with Gasteiger partial charge in [-0.25, -0.2) is 0 Å². The maximum absolute atomic E-state index is 6.43. The quantitative estimate of drug-likeness (QED) is 0.841. The zero-order valence-corrected chi connectivity index (χ0v) is 14.0. The third kappa shape index (κ3) is 3.91. The Morgan fingerprint density at radius 2 is 1.81 bits per heavy atom. The van der Waals surface area contributed by atoms with E-state index in [9.17, 15) is 0 Å². The Morgan fingerprint density at radius 1 is 1.10 bits per heavy atom. The Hall–Kier alpha value is -1.22. The zero-order valence-electron chi connectivity index (χ0n) is 12.5. The fourth-order valence-corrected chi connectivity index (χ4v) is 2.76. The average Bonchev–Trinajstić information content (AvgIpc) is 2.48. The zero-order chi connectivity index (χ0) is 15.4. The van der Waals surface area contributed by atoms with Gasteiger partial charge in [-0.15, -0.1) is 0 Å². The minimum atomic E-state index is 0.283. The third-order valence-corrected chi connectivity index (χ3v) is 4.35. The number of halogens is 2. The number of hydrogen-bond donors (Lipinski definition) is 1. The second-order valence-electron chi connectivity index (χ2n) is 5.17. The molecule has 0 aromatic heterocycles. The highest BCUT2D eigenvalue weighted by molar-refractivity contribution is 6.33. The van der Waals surface area contributed by atoms with E-state index in [0.717, 1.165) is 27.8 Å². The molecule has 2 nitrogen and oxygen atoms in total. The van der Waals surface area contributed by atoms with Crippen LogP contribution in [-0.2, 0) is 6.54 Å². The van der Waals surface area contributed by atoms with E-state index in [0.29, 0.717) is 0 Å². The Labute approximate surface area is 136 Å². The molecule has 0 spiro atoms. The standard InChI is InChI=1S/C17H20Cl2N2/c1-12(20-2)13-8-9-17(16(19)10-13)21(3)11-14-6-4-5-7-15(14)18/h4-10,12,20H,11H2,1-3H3. The Kier molecular flexibility index (Phi) is 5.51. The molecule has 0 amide bonds. The SMILES string of the molecule is CNC(C)c1ccc(N(C)Cc2ccccc2Cl)c(Cl)c1. The molecular weight excluding hydrogens is 303 g/mol. The molecule has 0 saturated heterocycles. The van der Waals surface area contributed by atoms with Gasteiger partial charge >= 0.3 is 0 Å². The summed E-state index contributed by atoms with van der Waals surface area (Å²) in [6.07, 6.45) is 0. The molecule has 2 rings (SSSR count). The van der Waals surface area contributed by atoms with Crippen LogP contribution in [0.3, 0.4) is 0 Å². The van der Waals surface area contributed by atoms with Crippen LogP contribution < -0.4 is 10.2 Å². The summed E-state index contributed by atoms with van der Waals surface area (Å²) in [5.74, 6) is 0. The molecule has 0 saturated carbocycles. The summed E-state index contributed by atoms with van der Waals surface area (Å²) in [5, 5.41) is 4.75. The van der Waals surface area contributed by atoms with E-state index in [2.05, 4.69) is 29.3 Å². The van der Waals surface area contributed by atoms with Gasteiger partial charge in [0.05, 0.1) is 10.7 Å². The minimum Gasteiger partial charge on any atom is -0.369 e. The molecule has 0 aliphatic heterocycles. The van der Waals surface area contributed by atoms with Gasteiger partial charge in [0.1, 0.15) is 0 Å². The van der Waals surface area contributed by atoms with E-state index in [4.69, 9.17) is 23.2 Å². The first-order chi connectivity index (χ1) is 10.0.